The lowest BCUT2D eigenvalue weighted by Crippen LogP contribution is -2.41. The van der Waals surface area contributed by atoms with Gasteiger partial charge in [-0.25, -0.2) is 0 Å². The van der Waals surface area contributed by atoms with Crippen LogP contribution in [0.2, 0.25) is 0 Å². The first-order valence-corrected chi connectivity index (χ1v) is 6.85. The molecule has 1 aliphatic carbocycles. The summed E-state index contributed by atoms with van der Waals surface area (Å²) in [7, 11) is 0. The molecular formula is C13H24N2O2. The van der Waals surface area contributed by atoms with Gasteiger partial charge in [0.2, 0.25) is 5.91 Å². The highest BCUT2D eigenvalue weighted by Crippen LogP contribution is 2.30. The van der Waals surface area contributed by atoms with E-state index in [-0.39, 0.29) is 0 Å². The van der Waals surface area contributed by atoms with E-state index >= 15 is 0 Å². The SMILES string of the molecule is NCC1CCC(CC(=O)N2CCOCC2)CC1. The molecule has 1 saturated heterocycles. The molecule has 2 N–H and O–H groups in total. The number of hydrogen-bond donors (Lipinski definition) is 1. The van der Waals surface area contributed by atoms with Gasteiger partial charge < -0.3 is 15.4 Å². The van der Waals surface area contributed by atoms with Crippen LogP contribution in [0.25, 0.3) is 0 Å². The summed E-state index contributed by atoms with van der Waals surface area (Å²) in [5.41, 5.74) is 5.68. The zero-order valence-electron chi connectivity index (χ0n) is 10.6. The van der Waals surface area contributed by atoms with E-state index in [0.29, 0.717) is 31.0 Å². The van der Waals surface area contributed by atoms with E-state index in [9.17, 15) is 4.79 Å². The molecule has 17 heavy (non-hydrogen) atoms. The second-order valence-electron chi connectivity index (χ2n) is 5.32. The van der Waals surface area contributed by atoms with Gasteiger partial charge in [-0.2, -0.15) is 0 Å². The van der Waals surface area contributed by atoms with Crippen LogP contribution in [-0.4, -0.2) is 43.7 Å². The minimum atomic E-state index is 0.324. The average molecular weight is 240 g/mol. The molecule has 98 valence electrons. The first-order chi connectivity index (χ1) is 8.29. The van der Waals surface area contributed by atoms with Gasteiger partial charge in [0, 0.05) is 19.5 Å². The highest BCUT2D eigenvalue weighted by Gasteiger charge is 2.25. The van der Waals surface area contributed by atoms with Gasteiger partial charge in [-0.1, -0.05) is 0 Å². The summed E-state index contributed by atoms with van der Waals surface area (Å²) >= 11 is 0. The fourth-order valence-electron chi connectivity index (χ4n) is 2.86. The molecule has 2 rings (SSSR count). The molecular weight excluding hydrogens is 216 g/mol. The molecule has 1 heterocycles. The third kappa shape index (κ3) is 3.68. The van der Waals surface area contributed by atoms with Gasteiger partial charge in [0.1, 0.15) is 0 Å². The summed E-state index contributed by atoms with van der Waals surface area (Å²) < 4.78 is 5.26. The van der Waals surface area contributed by atoms with Crippen molar-refractivity contribution in [2.75, 3.05) is 32.8 Å². The van der Waals surface area contributed by atoms with Crippen LogP contribution in [0.5, 0.6) is 0 Å². The number of nitrogens with zero attached hydrogens (tertiary/aromatic N) is 1. The molecule has 0 aromatic rings. The summed E-state index contributed by atoms with van der Waals surface area (Å²) in [6, 6.07) is 0. The number of rotatable bonds is 3. The molecule has 1 amide bonds. The summed E-state index contributed by atoms with van der Waals surface area (Å²) in [6.07, 6.45) is 5.50. The van der Waals surface area contributed by atoms with Crippen molar-refractivity contribution in [1.82, 2.24) is 4.90 Å². The molecule has 0 bridgehead atoms. The largest absolute Gasteiger partial charge is 0.378 e. The van der Waals surface area contributed by atoms with Gasteiger partial charge >= 0.3 is 0 Å². The molecule has 4 heteroatoms. The first-order valence-electron chi connectivity index (χ1n) is 6.85. The van der Waals surface area contributed by atoms with Crippen molar-refractivity contribution in [2.24, 2.45) is 17.6 Å². The van der Waals surface area contributed by atoms with Crippen LogP contribution in [0.1, 0.15) is 32.1 Å². The lowest BCUT2D eigenvalue weighted by atomic mass is 9.80. The number of nitrogens with two attached hydrogens (primary N) is 1. The number of morpholine rings is 1. The maximum absolute atomic E-state index is 12.1. The Hall–Kier alpha value is -0.610. The van der Waals surface area contributed by atoms with E-state index < -0.39 is 0 Å². The summed E-state index contributed by atoms with van der Waals surface area (Å²) in [5.74, 6) is 1.61. The molecule has 4 nitrogen and oxygen atoms in total. The number of carbonyl (C=O) groups is 1. The van der Waals surface area contributed by atoms with Crippen LogP contribution in [-0.2, 0) is 9.53 Å². The number of carbonyl (C=O) groups excluding carboxylic acids is 1. The predicted octanol–water partition coefficient (Wildman–Crippen LogP) is 1.00. The van der Waals surface area contributed by atoms with Crippen molar-refractivity contribution in [3.8, 4) is 0 Å². The van der Waals surface area contributed by atoms with E-state index in [0.717, 1.165) is 26.1 Å². The van der Waals surface area contributed by atoms with E-state index in [1.54, 1.807) is 0 Å². The third-order valence-electron chi connectivity index (χ3n) is 4.13. The highest BCUT2D eigenvalue weighted by atomic mass is 16.5. The van der Waals surface area contributed by atoms with Crippen molar-refractivity contribution >= 4 is 5.91 Å². The third-order valence-corrected chi connectivity index (χ3v) is 4.13. The van der Waals surface area contributed by atoms with Gasteiger partial charge in [-0.3, -0.25) is 4.79 Å². The molecule has 2 aliphatic rings. The number of hydrogen-bond acceptors (Lipinski definition) is 3. The zero-order valence-corrected chi connectivity index (χ0v) is 10.6. The Balaban J connectivity index is 1.71. The van der Waals surface area contributed by atoms with E-state index in [2.05, 4.69) is 0 Å². The van der Waals surface area contributed by atoms with Crippen LogP contribution >= 0.6 is 0 Å². The number of amides is 1. The Kier molecular flexibility index (Phi) is 4.80. The molecule has 1 aliphatic heterocycles. The molecule has 0 atom stereocenters. The topological polar surface area (TPSA) is 55.6 Å². The fraction of sp³-hybridized carbons (Fsp3) is 0.923. The standard InChI is InChI=1S/C13H24N2O2/c14-10-12-3-1-11(2-4-12)9-13(16)15-5-7-17-8-6-15/h11-12H,1-10,14H2. The molecule has 0 spiro atoms. The van der Waals surface area contributed by atoms with Gasteiger partial charge in [0.25, 0.3) is 0 Å². The van der Waals surface area contributed by atoms with Crippen LogP contribution < -0.4 is 5.73 Å². The van der Waals surface area contributed by atoms with E-state index in [1.807, 2.05) is 4.90 Å². The Labute approximate surface area is 103 Å². The normalized spacial score (nSPS) is 30.3. The zero-order chi connectivity index (χ0) is 12.1. The smallest absolute Gasteiger partial charge is 0.223 e. The Morgan fingerprint density at radius 1 is 1.12 bits per heavy atom. The molecule has 2 fully saturated rings. The lowest BCUT2D eigenvalue weighted by molar-refractivity contribution is -0.136. The maximum atomic E-state index is 12.1. The van der Waals surface area contributed by atoms with Gasteiger partial charge in [0.15, 0.2) is 0 Å². The predicted molar refractivity (Wildman–Crippen MR) is 66.5 cm³/mol. The summed E-state index contributed by atoms with van der Waals surface area (Å²) in [5, 5.41) is 0. The quantitative estimate of drug-likeness (QED) is 0.800. The molecule has 0 unspecified atom stereocenters. The van der Waals surface area contributed by atoms with Crippen molar-refractivity contribution in [3.63, 3.8) is 0 Å². The van der Waals surface area contributed by atoms with Gasteiger partial charge in [-0.15, -0.1) is 0 Å². The number of ether oxygens (including phenoxy) is 1. The minimum Gasteiger partial charge on any atom is -0.378 e. The van der Waals surface area contributed by atoms with Crippen molar-refractivity contribution < 1.29 is 9.53 Å². The molecule has 1 saturated carbocycles. The minimum absolute atomic E-state index is 0.324. The van der Waals surface area contributed by atoms with Crippen LogP contribution in [0, 0.1) is 11.8 Å². The van der Waals surface area contributed by atoms with E-state index in [1.165, 1.54) is 25.7 Å². The monoisotopic (exact) mass is 240 g/mol. The maximum Gasteiger partial charge on any atom is 0.223 e. The highest BCUT2D eigenvalue weighted by molar-refractivity contribution is 5.76. The van der Waals surface area contributed by atoms with Gasteiger partial charge in [-0.05, 0) is 44.1 Å². The van der Waals surface area contributed by atoms with Crippen LogP contribution in [0.4, 0.5) is 0 Å². The second kappa shape index (κ2) is 6.36. The average Bonchev–Trinajstić information content (AvgIpc) is 2.40. The lowest BCUT2D eigenvalue weighted by Gasteiger charge is -2.31. The Morgan fingerprint density at radius 3 is 2.29 bits per heavy atom. The summed E-state index contributed by atoms with van der Waals surface area (Å²) in [6.45, 7) is 3.76. The molecule has 0 aromatic carbocycles. The summed E-state index contributed by atoms with van der Waals surface area (Å²) in [4.78, 5) is 14.0. The van der Waals surface area contributed by atoms with Crippen molar-refractivity contribution in [3.05, 3.63) is 0 Å². The molecule has 0 radical (unpaired) electrons. The second-order valence-corrected chi connectivity index (χ2v) is 5.32. The van der Waals surface area contributed by atoms with Crippen molar-refractivity contribution in [1.29, 1.82) is 0 Å². The Bertz CT molecular complexity index is 244. The Morgan fingerprint density at radius 2 is 1.71 bits per heavy atom. The van der Waals surface area contributed by atoms with Crippen LogP contribution in [0.3, 0.4) is 0 Å². The van der Waals surface area contributed by atoms with Gasteiger partial charge in [0.05, 0.1) is 13.2 Å². The molecule has 0 aromatic heterocycles. The van der Waals surface area contributed by atoms with Crippen LogP contribution in [0.15, 0.2) is 0 Å². The van der Waals surface area contributed by atoms with Crippen molar-refractivity contribution in [2.45, 2.75) is 32.1 Å². The fourth-order valence-corrected chi connectivity index (χ4v) is 2.86. The first kappa shape index (κ1) is 12.8. The van der Waals surface area contributed by atoms with E-state index in [4.69, 9.17) is 10.5 Å².